The molecule has 0 fully saturated rings. The number of aromatic nitrogens is 1. The van der Waals surface area contributed by atoms with Gasteiger partial charge in [-0.05, 0) is 19.1 Å². The van der Waals surface area contributed by atoms with Crippen molar-refractivity contribution in [1.29, 1.82) is 0 Å². The van der Waals surface area contributed by atoms with Crippen LogP contribution in [0, 0.1) is 0 Å². The lowest BCUT2D eigenvalue weighted by molar-refractivity contribution is 0.147. The number of hydrogen-bond acceptors (Lipinski definition) is 4. The van der Waals surface area contributed by atoms with Crippen molar-refractivity contribution in [3.8, 4) is 0 Å². The van der Waals surface area contributed by atoms with Crippen LogP contribution >= 0.6 is 0 Å². The lowest BCUT2D eigenvalue weighted by Gasteiger charge is -2.27. The van der Waals surface area contributed by atoms with E-state index in [4.69, 9.17) is 10.2 Å². The molecule has 0 saturated carbocycles. The van der Waals surface area contributed by atoms with Crippen LogP contribution in [0.1, 0.15) is 6.92 Å². The first-order valence-corrected chi connectivity index (χ1v) is 4.10. The van der Waals surface area contributed by atoms with Gasteiger partial charge in [-0.3, -0.25) is 4.98 Å². The second-order valence-corrected chi connectivity index (χ2v) is 3.24. The molecule has 3 N–H and O–H groups in total. The van der Waals surface area contributed by atoms with Crippen LogP contribution in [-0.2, 0) is 0 Å². The average Bonchev–Trinajstić information content (AvgIpc) is 2.19. The van der Waals surface area contributed by atoms with E-state index in [1.807, 2.05) is 0 Å². The third-order valence-electron chi connectivity index (χ3n) is 1.82. The molecule has 0 bridgehead atoms. The van der Waals surface area contributed by atoms with Gasteiger partial charge in [0.1, 0.15) is 0 Å². The van der Waals surface area contributed by atoms with E-state index in [1.165, 1.54) is 0 Å². The van der Waals surface area contributed by atoms with Crippen LogP contribution in [0.2, 0.25) is 0 Å². The highest BCUT2D eigenvalue weighted by Crippen LogP contribution is 2.12. The first-order chi connectivity index (χ1) is 6.20. The summed E-state index contributed by atoms with van der Waals surface area (Å²) in [5, 5.41) is 21.0. The molecular weight excluding hydrogens is 168 g/mol. The molecule has 4 heteroatoms. The van der Waals surface area contributed by atoms with Crippen molar-refractivity contribution >= 4 is 5.69 Å². The van der Waals surface area contributed by atoms with Crippen LogP contribution in [0.4, 0.5) is 5.69 Å². The molecule has 1 aromatic heterocycles. The molecular formula is C9H14N2O2. The molecule has 0 aromatic carbocycles. The zero-order valence-electron chi connectivity index (χ0n) is 7.57. The van der Waals surface area contributed by atoms with Crippen LogP contribution in [0.15, 0.2) is 24.5 Å². The Hall–Kier alpha value is -1.13. The summed E-state index contributed by atoms with van der Waals surface area (Å²) in [7, 11) is 0. The molecule has 1 rings (SSSR count). The second kappa shape index (κ2) is 4.20. The minimum absolute atomic E-state index is 0.119. The topological polar surface area (TPSA) is 65.4 Å². The van der Waals surface area contributed by atoms with Crippen LogP contribution in [0.5, 0.6) is 0 Å². The van der Waals surface area contributed by atoms with Gasteiger partial charge in [-0.25, -0.2) is 0 Å². The van der Waals surface area contributed by atoms with Gasteiger partial charge in [-0.2, -0.15) is 0 Å². The van der Waals surface area contributed by atoms with E-state index < -0.39 is 5.54 Å². The third-order valence-corrected chi connectivity index (χ3v) is 1.82. The Bertz CT molecular complexity index is 247. The molecule has 72 valence electrons. The molecule has 0 radical (unpaired) electrons. The molecule has 0 unspecified atom stereocenters. The minimum Gasteiger partial charge on any atom is -0.394 e. The monoisotopic (exact) mass is 182 g/mol. The largest absolute Gasteiger partial charge is 0.394 e. The summed E-state index contributed by atoms with van der Waals surface area (Å²) >= 11 is 0. The summed E-state index contributed by atoms with van der Waals surface area (Å²) in [4.78, 5) is 3.86. The summed E-state index contributed by atoms with van der Waals surface area (Å²) < 4.78 is 0. The summed E-state index contributed by atoms with van der Waals surface area (Å²) in [6.07, 6.45) is 3.30. The summed E-state index contributed by atoms with van der Waals surface area (Å²) in [5.74, 6) is 0. The molecule has 0 atom stereocenters. The first-order valence-electron chi connectivity index (χ1n) is 4.10. The molecule has 13 heavy (non-hydrogen) atoms. The summed E-state index contributed by atoms with van der Waals surface area (Å²) in [5.41, 5.74) is 0.155. The van der Waals surface area contributed by atoms with E-state index in [1.54, 1.807) is 31.5 Å². The van der Waals surface area contributed by atoms with Crippen LogP contribution < -0.4 is 5.32 Å². The molecule has 0 spiro atoms. The Balaban J connectivity index is 2.68. The quantitative estimate of drug-likeness (QED) is 0.624. The average molecular weight is 182 g/mol. The third kappa shape index (κ3) is 2.68. The highest BCUT2D eigenvalue weighted by Gasteiger charge is 2.21. The van der Waals surface area contributed by atoms with Gasteiger partial charge >= 0.3 is 0 Å². The van der Waals surface area contributed by atoms with E-state index in [-0.39, 0.29) is 13.2 Å². The summed E-state index contributed by atoms with van der Waals surface area (Å²) in [6.45, 7) is 1.51. The number of nitrogens with one attached hydrogen (secondary N) is 1. The Labute approximate surface area is 77.2 Å². The van der Waals surface area contributed by atoms with Gasteiger partial charge in [0.25, 0.3) is 0 Å². The number of pyridine rings is 1. The van der Waals surface area contributed by atoms with Gasteiger partial charge in [0.05, 0.1) is 18.8 Å². The molecule has 0 amide bonds. The van der Waals surface area contributed by atoms with E-state index >= 15 is 0 Å². The number of rotatable bonds is 4. The molecule has 1 heterocycles. The van der Waals surface area contributed by atoms with Gasteiger partial charge in [-0.15, -0.1) is 0 Å². The highest BCUT2D eigenvalue weighted by atomic mass is 16.3. The number of hydrogen-bond donors (Lipinski definition) is 3. The van der Waals surface area contributed by atoms with Crippen LogP contribution in [-0.4, -0.2) is 33.9 Å². The fraction of sp³-hybridized carbons (Fsp3) is 0.444. The highest BCUT2D eigenvalue weighted by molar-refractivity contribution is 5.43. The molecule has 4 nitrogen and oxygen atoms in total. The lowest BCUT2D eigenvalue weighted by Crippen LogP contribution is -2.42. The van der Waals surface area contributed by atoms with Crippen LogP contribution in [0.3, 0.4) is 0 Å². The fourth-order valence-electron chi connectivity index (χ4n) is 0.913. The van der Waals surface area contributed by atoms with E-state index in [0.717, 1.165) is 5.69 Å². The minimum atomic E-state index is -0.679. The van der Waals surface area contributed by atoms with Crippen molar-refractivity contribution in [2.75, 3.05) is 18.5 Å². The van der Waals surface area contributed by atoms with Crippen molar-refractivity contribution in [3.63, 3.8) is 0 Å². The second-order valence-electron chi connectivity index (χ2n) is 3.24. The Morgan fingerprint density at radius 3 is 2.31 bits per heavy atom. The first kappa shape index (κ1) is 9.95. The standard InChI is InChI=1S/C9H14N2O2/c1-9(6-12,7-13)11-8-2-4-10-5-3-8/h2-5,12-13H,6-7H2,1H3,(H,10,11). The van der Waals surface area contributed by atoms with E-state index in [9.17, 15) is 0 Å². The maximum Gasteiger partial charge on any atom is 0.0806 e. The molecule has 0 aliphatic rings. The molecule has 1 aromatic rings. The molecule has 0 aliphatic carbocycles. The van der Waals surface area contributed by atoms with Gasteiger partial charge in [0.15, 0.2) is 0 Å². The molecule has 0 saturated heterocycles. The van der Waals surface area contributed by atoms with Crippen molar-refractivity contribution in [1.82, 2.24) is 4.98 Å². The number of anilines is 1. The van der Waals surface area contributed by atoms with Crippen LogP contribution in [0.25, 0.3) is 0 Å². The SMILES string of the molecule is CC(CO)(CO)Nc1ccncc1. The zero-order valence-corrected chi connectivity index (χ0v) is 7.57. The Kier molecular flexibility index (Phi) is 3.22. The van der Waals surface area contributed by atoms with Gasteiger partial charge in [0, 0.05) is 18.1 Å². The molecule has 0 aliphatic heterocycles. The lowest BCUT2D eigenvalue weighted by atomic mass is 10.1. The Morgan fingerprint density at radius 1 is 1.31 bits per heavy atom. The van der Waals surface area contributed by atoms with Crippen molar-refractivity contribution in [2.24, 2.45) is 0 Å². The zero-order chi connectivity index (χ0) is 9.73. The van der Waals surface area contributed by atoms with Gasteiger partial charge in [0.2, 0.25) is 0 Å². The van der Waals surface area contributed by atoms with Crippen molar-refractivity contribution < 1.29 is 10.2 Å². The number of nitrogens with zero attached hydrogens (tertiary/aromatic N) is 1. The maximum absolute atomic E-state index is 9.01. The number of aliphatic hydroxyl groups is 2. The number of aliphatic hydroxyl groups excluding tert-OH is 2. The van der Waals surface area contributed by atoms with Crippen molar-refractivity contribution in [3.05, 3.63) is 24.5 Å². The predicted octanol–water partition coefficient (Wildman–Crippen LogP) is 0.237. The summed E-state index contributed by atoms with van der Waals surface area (Å²) in [6, 6.07) is 3.56. The predicted molar refractivity (Wildman–Crippen MR) is 50.4 cm³/mol. The smallest absolute Gasteiger partial charge is 0.0806 e. The van der Waals surface area contributed by atoms with E-state index in [2.05, 4.69) is 10.3 Å². The van der Waals surface area contributed by atoms with Gasteiger partial charge in [-0.1, -0.05) is 0 Å². The Morgan fingerprint density at radius 2 is 1.85 bits per heavy atom. The fourth-order valence-corrected chi connectivity index (χ4v) is 0.913. The van der Waals surface area contributed by atoms with Crippen molar-refractivity contribution in [2.45, 2.75) is 12.5 Å². The van der Waals surface area contributed by atoms with Gasteiger partial charge < -0.3 is 15.5 Å². The maximum atomic E-state index is 9.01. The normalized spacial score (nSPS) is 11.3. The van der Waals surface area contributed by atoms with E-state index in [0.29, 0.717) is 0 Å².